The minimum Gasteiger partial charge on any atom is -0.456 e. The number of hydrogen-bond donors (Lipinski definition) is 0. The van der Waals surface area contributed by atoms with E-state index in [4.69, 9.17) is 18.9 Å². The van der Waals surface area contributed by atoms with Crippen molar-refractivity contribution in [1.82, 2.24) is 19.8 Å². The van der Waals surface area contributed by atoms with Crippen molar-refractivity contribution in [3.63, 3.8) is 0 Å². The molecule has 3 aromatic rings. The normalized spacial score (nSPS) is 17.5. The number of hydrogen-bond acceptors (Lipinski definition) is 12. The quantitative estimate of drug-likeness (QED) is 0.154. The SMILES string of the molecule is CC(C)(C)OC(=O)N1CCC[C@H]1C(=O)OCC(=O)c1ccc(-c2ncc3cc(C(=O)COC(=O)[C@@H]4CCCN4C(=O)OC(C)(C)C)ccc3n2)cc1. The molecular weight excluding hydrogens is 672 g/mol. The lowest BCUT2D eigenvalue weighted by Crippen LogP contribution is -2.44. The Morgan fingerprint density at radius 2 is 1.17 bits per heavy atom. The van der Waals surface area contributed by atoms with Gasteiger partial charge in [-0.1, -0.05) is 24.3 Å². The fourth-order valence-corrected chi connectivity index (χ4v) is 5.89. The summed E-state index contributed by atoms with van der Waals surface area (Å²) in [5, 5.41) is 0.592. The number of benzene rings is 2. The Balaban J connectivity index is 1.14. The highest BCUT2D eigenvalue weighted by Gasteiger charge is 2.39. The fraction of sp³-hybridized carbons (Fsp3) is 0.474. The lowest BCUT2D eigenvalue weighted by atomic mass is 10.1. The molecule has 2 aliphatic rings. The lowest BCUT2D eigenvalue weighted by molar-refractivity contribution is -0.148. The predicted molar refractivity (Wildman–Crippen MR) is 187 cm³/mol. The Morgan fingerprint density at radius 3 is 1.67 bits per heavy atom. The molecule has 0 saturated carbocycles. The molecule has 3 heterocycles. The number of ether oxygens (including phenoxy) is 4. The summed E-state index contributed by atoms with van der Waals surface area (Å²) in [7, 11) is 0. The highest BCUT2D eigenvalue weighted by Crippen LogP contribution is 2.25. The molecule has 2 atom stereocenters. The summed E-state index contributed by atoms with van der Waals surface area (Å²) in [6.45, 7) is 10.3. The number of aromatic nitrogens is 2. The standard InChI is InChI=1S/C38H44N4O10/c1-37(2,3)51-35(47)41-17-7-9-28(41)33(45)49-21-30(43)23-11-13-24(14-12-23)32-39-20-26-19-25(15-16-27(26)40-32)31(44)22-50-34(46)29-10-8-18-42(29)36(48)52-38(4,5)6/h11-16,19-20,28-29H,7-10,17-18,21-22H2,1-6H3/t28-,29-/m0/s1. The molecule has 2 amide bonds. The van der Waals surface area contributed by atoms with Gasteiger partial charge in [0.1, 0.15) is 23.3 Å². The minimum atomic E-state index is -0.809. The number of Topliss-reactive ketones (excluding diaryl/α,β-unsaturated/α-hetero) is 2. The van der Waals surface area contributed by atoms with Gasteiger partial charge in [0.25, 0.3) is 0 Å². The molecule has 0 bridgehead atoms. The fourth-order valence-electron chi connectivity index (χ4n) is 5.89. The molecule has 0 aliphatic carbocycles. The average molecular weight is 717 g/mol. The van der Waals surface area contributed by atoms with E-state index in [1.165, 1.54) is 9.80 Å². The number of amides is 2. The topological polar surface area (TPSA) is 172 Å². The summed E-state index contributed by atoms with van der Waals surface area (Å²) in [5.74, 6) is -1.75. The maximum atomic E-state index is 12.9. The molecule has 52 heavy (non-hydrogen) atoms. The summed E-state index contributed by atoms with van der Waals surface area (Å²) >= 11 is 0. The first-order chi connectivity index (χ1) is 24.5. The van der Waals surface area contributed by atoms with Crippen LogP contribution in [-0.2, 0) is 28.5 Å². The average Bonchev–Trinajstić information content (AvgIpc) is 3.79. The van der Waals surface area contributed by atoms with E-state index in [0.717, 1.165) is 0 Å². The number of ketones is 2. The zero-order chi connectivity index (χ0) is 37.8. The maximum absolute atomic E-state index is 12.9. The summed E-state index contributed by atoms with van der Waals surface area (Å²) in [6, 6.07) is 9.77. The van der Waals surface area contributed by atoms with Crippen molar-refractivity contribution < 1.29 is 47.7 Å². The second-order valence-electron chi connectivity index (χ2n) is 14.8. The van der Waals surface area contributed by atoms with Gasteiger partial charge in [-0.05, 0) is 85.4 Å². The lowest BCUT2D eigenvalue weighted by Gasteiger charge is -2.27. The molecule has 1 aromatic heterocycles. The molecular formula is C38H44N4O10. The zero-order valence-electron chi connectivity index (χ0n) is 30.3. The van der Waals surface area contributed by atoms with E-state index in [9.17, 15) is 28.8 Å². The summed E-state index contributed by atoms with van der Waals surface area (Å²) in [4.78, 5) is 88.0. The maximum Gasteiger partial charge on any atom is 0.411 e. The minimum absolute atomic E-state index is 0.307. The third kappa shape index (κ3) is 9.47. The van der Waals surface area contributed by atoms with Crippen molar-refractivity contribution in [3.05, 3.63) is 59.8 Å². The Hall–Kier alpha value is -5.40. The van der Waals surface area contributed by atoms with Crippen molar-refractivity contribution in [2.45, 2.75) is 90.5 Å². The molecule has 2 saturated heterocycles. The monoisotopic (exact) mass is 716 g/mol. The molecule has 5 rings (SSSR count). The first-order valence-corrected chi connectivity index (χ1v) is 17.3. The molecule has 276 valence electrons. The van der Waals surface area contributed by atoms with Gasteiger partial charge in [0.2, 0.25) is 0 Å². The number of carbonyl (C=O) groups excluding carboxylic acids is 6. The van der Waals surface area contributed by atoms with E-state index in [1.54, 1.807) is 90.2 Å². The molecule has 14 heteroatoms. The van der Waals surface area contributed by atoms with Gasteiger partial charge in [-0.3, -0.25) is 19.4 Å². The Labute approximate surface area is 301 Å². The Kier molecular flexibility index (Phi) is 11.3. The third-order valence-corrected chi connectivity index (χ3v) is 8.36. The van der Waals surface area contributed by atoms with Crippen LogP contribution in [0.3, 0.4) is 0 Å². The number of likely N-dealkylation sites (tertiary alicyclic amines) is 2. The number of esters is 2. The third-order valence-electron chi connectivity index (χ3n) is 8.36. The van der Waals surface area contributed by atoms with Crippen LogP contribution < -0.4 is 0 Å². The highest BCUT2D eigenvalue weighted by atomic mass is 16.6. The molecule has 2 aromatic carbocycles. The van der Waals surface area contributed by atoms with E-state index < -0.39 is 72.2 Å². The van der Waals surface area contributed by atoms with Crippen LogP contribution in [0.5, 0.6) is 0 Å². The number of rotatable bonds is 9. The van der Waals surface area contributed by atoms with Crippen LogP contribution in [0, 0.1) is 0 Å². The molecule has 0 N–H and O–H groups in total. The van der Waals surface area contributed by atoms with Gasteiger partial charge in [-0.25, -0.2) is 29.1 Å². The molecule has 0 spiro atoms. The molecule has 0 unspecified atom stereocenters. The number of fused-ring (bicyclic) bond motifs is 1. The van der Waals surface area contributed by atoms with Gasteiger partial charge in [0.05, 0.1) is 5.52 Å². The van der Waals surface area contributed by atoms with E-state index in [1.807, 2.05) is 0 Å². The van der Waals surface area contributed by atoms with Crippen LogP contribution in [0.25, 0.3) is 22.3 Å². The molecule has 14 nitrogen and oxygen atoms in total. The van der Waals surface area contributed by atoms with Crippen molar-refractivity contribution in [3.8, 4) is 11.4 Å². The highest BCUT2D eigenvalue weighted by molar-refractivity contribution is 6.01. The van der Waals surface area contributed by atoms with Gasteiger partial charge in [0.15, 0.2) is 30.6 Å². The van der Waals surface area contributed by atoms with Crippen LogP contribution in [0.15, 0.2) is 48.7 Å². The first kappa shape index (κ1) is 37.8. The Morgan fingerprint density at radius 1 is 0.692 bits per heavy atom. The van der Waals surface area contributed by atoms with Crippen molar-refractivity contribution >= 4 is 46.6 Å². The number of carbonyl (C=O) groups is 6. The van der Waals surface area contributed by atoms with Gasteiger partial charge in [-0.2, -0.15) is 0 Å². The van der Waals surface area contributed by atoms with Crippen LogP contribution >= 0.6 is 0 Å². The van der Waals surface area contributed by atoms with Crippen molar-refractivity contribution in [2.24, 2.45) is 0 Å². The van der Waals surface area contributed by atoms with Crippen LogP contribution in [0.4, 0.5) is 9.59 Å². The first-order valence-electron chi connectivity index (χ1n) is 17.3. The van der Waals surface area contributed by atoms with E-state index in [-0.39, 0.29) is 0 Å². The molecule has 0 radical (unpaired) electrons. The van der Waals surface area contributed by atoms with Crippen LogP contribution in [0.1, 0.15) is 87.9 Å². The zero-order valence-corrected chi connectivity index (χ0v) is 30.3. The van der Waals surface area contributed by atoms with Gasteiger partial charge in [0, 0.05) is 41.4 Å². The molecule has 2 fully saturated rings. The van der Waals surface area contributed by atoms with Crippen LogP contribution in [0.2, 0.25) is 0 Å². The Bertz CT molecular complexity index is 1860. The second-order valence-corrected chi connectivity index (χ2v) is 14.8. The summed E-state index contributed by atoms with van der Waals surface area (Å²) < 4.78 is 21.4. The largest absolute Gasteiger partial charge is 0.456 e. The second kappa shape index (κ2) is 15.5. The summed E-state index contributed by atoms with van der Waals surface area (Å²) in [6.07, 6.45) is 2.49. The van der Waals surface area contributed by atoms with Crippen molar-refractivity contribution in [2.75, 3.05) is 26.3 Å². The van der Waals surface area contributed by atoms with Crippen LogP contribution in [-0.4, -0.2) is 105 Å². The van der Waals surface area contributed by atoms with E-state index >= 15 is 0 Å². The van der Waals surface area contributed by atoms with E-state index in [2.05, 4.69) is 9.97 Å². The smallest absolute Gasteiger partial charge is 0.411 e. The number of nitrogens with zero attached hydrogens (tertiary/aromatic N) is 4. The van der Waals surface area contributed by atoms with Gasteiger partial charge < -0.3 is 18.9 Å². The predicted octanol–water partition coefficient (Wildman–Crippen LogP) is 5.55. The summed E-state index contributed by atoms with van der Waals surface area (Å²) in [5.41, 5.74) is 0.416. The van der Waals surface area contributed by atoms with Crippen molar-refractivity contribution in [1.29, 1.82) is 0 Å². The van der Waals surface area contributed by atoms with Gasteiger partial charge >= 0.3 is 24.1 Å². The van der Waals surface area contributed by atoms with E-state index in [0.29, 0.717) is 72.2 Å². The molecule has 2 aliphatic heterocycles. The van der Waals surface area contributed by atoms with Gasteiger partial charge in [-0.15, -0.1) is 0 Å².